The summed E-state index contributed by atoms with van der Waals surface area (Å²) < 4.78 is 14.9. The molecular formula is C26H21BrClFN4O. The van der Waals surface area contributed by atoms with Gasteiger partial charge in [0.2, 0.25) is 0 Å². The Morgan fingerprint density at radius 3 is 2.59 bits per heavy atom. The Bertz CT molecular complexity index is 1360. The number of hydrogen-bond donors (Lipinski definition) is 3. The Balaban J connectivity index is 1.37. The topological polar surface area (TPSA) is 69.8 Å². The van der Waals surface area contributed by atoms with Crippen LogP contribution in [0.3, 0.4) is 0 Å². The predicted molar refractivity (Wildman–Crippen MR) is 138 cm³/mol. The maximum Gasteiger partial charge on any atom is 0.255 e. The second-order valence-corrected chi connectivity index (χ2v) is 9.54. The average Bonchev–Trinajstić information content (AvgIpc) is 3.55. The Morgan fingerprint density at radius 1 is 1.12 bits per heavy atom. The lowest BCUT2D eigenvalue weighted by Gasteiger charge is -2.14. The summed E-state index contributed by atoms with van der Waals surface area (Å²) in [6.07, 6.45) is 2.30. The number of carbonyl (C=O) groups is 1. The van der Waals surface area contributed by atoms with Crippen LogP contribution in [0.1, 0.15) is 28.8 Å². The number of hydrogen-bond acceptors (Lipinski definition) is 3. The van der Waals surface area contributed by atoms with Crippen LogP contribution >= 0.6 is 27.5 Å². The molecule has 1 fully saturated rings. The minimum Gasteiger partial charge on any atom is -0.381 e. The number of nitrogens with zero attached hydrogens (tertiary/aromatic N) is 1. The predicted octanol–water partition coefficient (Wildman–Crippen LogP) is 7.43. The van der Waals surface area contributed by atoms with E-state index in [1.54, 1.807) is 36.4 Å². The normalized spacial score (nSPS) is 13.1. The van der Waals surface area contributed by atoms with Crippen molar-refractivity contribution in [3.63, 3.8) is 0 Å². The lowest BCUT2D eigenvalue weighted by molar-refractivity contribution is 0.102. The van der Waals surface area contributed by atoms with Gasteiger partial charge in [0.05, 0.1) is 22.0 Å². The lowest BCUT2D eigenvalue weighted by Crippen LogP contribution is -2.14. The van der Waals surface area contributed by atoms with Gasteiger partial charge in [-0.15, -0.1) is 0 Å². The summed E-state index contributed by atoms with van der Waals surface area (Å²) in [5, 5.41) is 6.75. The minimum atomic E-state index is -0.459. The van der Waals surface area contributed by atoms with Gasteiger partial charge >= 0.3 is 0 Å². The number of carbonyl (C=O) groups excluding carboxylic acids is 1. The van der Waals surface area contributed by atoms with Crippen LogP contribution in [0, 0.1) is 12.7 Å². The van der Waals surface area contributed by atoms with E-state index >= 15 is 0 Å². The van der Waals surface area contributed by atoms with Gasteiger partial charge in [0.1, 0.15) is 21.9 Å². The molecule has 172 valence electrons. The molecule has 1 aliphatic carbocycles. The smallest absolute Gasteiger partial charge is 0.255 e. The van der Waals surface area contributed by atoms with Crippen LogP contribution in [0.2, 0.25) is 5.02 Å². The highest BCUT2D eigenvalue weighted by molar-refractivity contribution is 9.10. The van der Waals surface area contributed by atoms with E-state index in [-0.39, 0.29) is 16.5 Å². The first-order valence-electron chi connectivity index (χ1n) is 10.9. The summed E-state index contributed by atoms with van der Waals surface area (Å²) in [5.41, 5.74) is 4.92. The third-order valence-corrected chi connectivity index (χ3v) is 6.53. The van der Waals surface area contributed by atoms with Gasteiger partial charge in [0.25, 0.3) is 5.91 Å². The van der Waals surface area contributed by atoms with Crippen LogP contribution in [0.4, 0.5) is 15.8 Å². The minimum absolute atomic E-state index is 0.200. The van der Waals surface area contributed by atoms with E-state index in [0.29, 0.717) is 27.7 Å². The third kappa shape index (κ3) is 4.72. The van der Waals surface area contributed by atoms with Gasteiger partial charge in [-0.25, -0.2) is 9.37 Å². The second-order valence-electron chi connectivity index (χ2n) is 8.34. The highest BCUT2D eigenvalue weighted by Crippen LogP contribution is 2.34. The first-order valence-corrected chi connectivity index (χ1v) is 12.0. The molecule has 1 saturated carbocycles. The van der Waals surface area contributed by atoms with Crippen LogP contribution < -0.4 is 10.6 Å². The molecule has 0 atom stereocenters. The molecule has 3 aromatic carbocycles. The van der Waals surface area contributed by atoms with E-state index in [2.05, 4.69) is 36.5 Å². The standard InChI is InChI=1S/C26H21BrClFN4O/c1-14-5-12-20(21(13-14)30-17-10-11-17)31-26(34)16-8-6-15(7-9-16)23-24(27)33-25(32-23)22-18(28)3-2-4-19(22)29/h2-9,12-13,17,30H,10-11H2,1H3,(H,31,34)(H,32,33). The molecular weight excluding hydrogens is 519 g/mol. The highest BCUT2D eigenvalue weighted by Gasteiger charge is 2.22. The zero-order valence-electron chi connectivity index (χ0n) is 18.3. The summed E-state index contributed by atoms with van der Waals surface area (Å²) in [5.74, 6) is -0.338. The molecule has 1 aromatic heterocycles. The van der Waals surface area contributed by atoms with Crippen LogP contribution in [0.5, 0.6) is 0 Å². The van der Waals surface area contributed by atoms with Crippen molar-refractivity contribution in [3.8, 4) is 22.6 Å². The van der Waals surface area contributed by atoms with Gasteiger partial charge in [-0.05, 0) is 77.7 Å². The van der Waals surface area contributed by atoms with Gasteiger partial charge in [0.15, 0.2) is 0 Å². The van der Waals surface area contributed by atoms with Gasteiger partial charge in [-0.2, -0.15) is 0 Å². The largest absolute Gasteiger partial charge is 0.381 e. The average molecular weight is 540 g/mol. The number of aryl methyl sites for hydroxylation is 1. The van der Waals surface area contributed by atoms with Crippen molar-refractivity contribution >= 4 is 44.8 Å². The van der Waals surface area contributed by atoms with Crippen molar-refractivity contribution in [2.45, 2.75) is 25.8 Å². The number of benzene rings is 3. The second kappa shape index (κ2) is 9.24. The van der Waals surface area contributed by atoms with Gasteiger partial charge < -0.3 is 15.6 Å². The maximum absolute atomic E-state index is 14.3. The molecule has 0 bridgehead atoms. The molecule has 1 aliphatic rings. The van der Waals surface area contributed by atoms with E-state index in [4.69, 9.17) is 11.6 Å². The van der Waals surface area contributed by atoms with Crippen molar-refractivity contribution in [3.05, 3.63) is 87.2 Å². The van der Waals surface area contributed by atoms with Crippen LogP contribution in [0.25, 0.3) is 22.6 Å². The molecule has 8 heteroatoms. The highest BCUT2D eigenvalue weighted by atomic mass is 79.9. The summed E-state index contributed by atoms with van der Waals surface area (Å²) >= 11 is 9.64. The number of nitrogens with one attached hydrogen (secondary N) is 3. The molecule has 0 saturated heterocycles. The fraction of sp³-hybridized carbons (Fsp3) is 0.154. The van der Waals surface area contributed by atoms with Crippen molar-refractivity contribution in [1.29, 1.82) is 0 Å². The monoisotopic (exact) mass is 538 g/mol. The van der Waals surface area contributed by atoms with Crippen LogP contribution in [0.15, 0.2) is 65.3 Å². The Kier molecular flexibility index (Phi) is 6.15. The molecule has 1 heterocycles. The number of aromatic nitrogens is 2. The Morgan fingerprint density at radius 2 is 1.88 bits per heavy atom. The molecule has 34 heavy (non-hydrogen) atoms. The molecule has 5 nitrogen and oxygen atoms in total. The van der Waals surface area contributed by atoms with Crippen molar-refractivity contribution < 1.29 is 9.18 Å². The zero-order valence-corrected chi connectivity index (χ0v) is 20.6. The molecule has 0 aliphatic heterocycles. The van der Waals surface area contributed by atoms with Crippen molar-refractivity contribution in [1.82, 2.24) is 9.97 Å². The van der Waals surface area contributed by atoms with E-state index in [1.807, 2.05) is 25.1 Å². The van der Waals surface area contributed by atoms with Crippen molar-refractivity contribution in [2.75, 3.05) is 10.6 Å². The quantitative estimate of drug-likeness (QED) is 0.239. The van der Waals surface area contributed by atoms with Crippen LogP contribution in [-0.4, -0.2) is 21.9 Å². The fourth-order valence-corrected chi connectivity index (χ4v) is 4.45. The zero-order chi connectivity index (χ0) is 23.8. The number of H-pyrrole nitrogens is 1. The van der Waals surface area contributed by atoms with Gasteiger partial charge in [-0.3, -0.25) is 4.79 Å². The van der Waals surface area contributed by atoms with Gasteiger partial charge in [0, 0.05) is 17.2 Å². The molecule has 0 radical (unpaired) electrons. The van der Waals surface area contributed by atoms with Crippen molar-refractivity contribution in [2.24, 2.45) is 0 Å². The van der Waals surface area contributed by atoms with Gasteiger partial charge in [-0.1, -0.05) is 35.9 Å². The fourth-order valence-electron chi connectivity index (χ4n) is 3.69. The Hall–Kier alpha value is -3.16. The van der Waals surface area contributed by atoms with Crippen LogP contribution in [-0.2, 0) is 0 Å². The molecule has 0 unspecified atom stereocenters. The van der Waals surface area contributed by atoms with E-state index < -0.39 is 5.82 Å². The first-order chi connectivity index (χ1) is 16.4. The first kappa shape index (κ1) is 22.6. The summed E-state index contributed by atoms with van der Waals surface area (Å²) in [6.45, 7) is 2.03. The maximum atomic E-state index is 14.3. The number of anilines is 2. The molecule has 3 N–H and O–H groups in total. The van der Waals surface area contributed by atoms with E-state index in [1.165, 1.54) is 6.07 Å². The lowest BCUT2D eigenvalue weighted by atomic mass is 10.1. The number of amides is 1. The van der Waals surface area contributed by atoms with E-state index in [0.717, 1.165) is 35.3 Å². The summed E-state index contributed by atoms with van der Waals surface area (Å²) in [7, 11) is 0. The number of imidazole rings is 1. The molecule has 5 rings (SSSR count). The number of aromatic amines is 1. The molecule has 1 amide bonds. The summed E-state index contributed by atoms with van der Waals surface area (Å²) in [4.78, 5) is 20.5. The molecule has 0 spiro atoms. The number of rotatable bonds is 6. The SMILES string of the molecule is Cc1ccc(NC(=O)c2ccc(-c3nc(-c4c(F)cccc4Cl)[nH]c3Br)cc2)c(NC2CC2)c1. The third-order valence-electron chi connectivity index (χ3n) is 5.64. The summed E-state index contributed by atoms with van der Waals surface area (Å²) in [6, 6.07) is 18.0. The molecule has 4 aromatic rings. The number of halogens is 3. The van der Waals surface area contributed by atoms with E-state index in [9.17, 15) is 9.18 Å². The Labute approximate surface area is 209 Å².